The molecule has 3 aliphatic rings. The predicted molar refractivity (Wildman–Crippen MR) is 142 cm³/mol. The highest BCUT2D eigenvalue weighted by Crippen LogP contribution is 2.54. The van der Waals surface area contributed by atoms with Crippen molar-refractivity contribution in [3.8, 4) is 11.8 Å². The zero-order valence-electron chi connectivity index (χ0n) is 20.3. The molecule has 1 saturated heterocycles. The second-order valence-corrected chi connectivity index (χ2v) is 13.5. The fourth-order valence-electron chi connectivity index (χ4n) is 5.11. The molecule has 200 valence electrons. The molecular weight excluding hydrogens is 573 g/mol. The molecule has 12 heteroatoms. The summed E-state index contributed by atoms with van der Waals surface area (Å²) in [6, 6.07) is 10.2. The van der Waals surface area contributed by atoms with E-state index in [4.69, 9.17) is 39.5 Å². The van der Waals surface area contributed by atoms with Crippen molar-refractivity contribution in [1.82, 2.24) is 10.2 Å². The van der Waals surface area contributed by atoms with Gasteiger partial charge < -0.3 is 15.0 Å². The number of halogens is 3. The molecule has 8 nitrogen and oxygen atoms in total. The third-order valence-corrected chi connectivity index (χ3v) is 10.9. The SMILES string of the molecule is COc1cc(C2(C(=O)N3CC(S(=O)(=O)c4ccccc4Cl)CC3C(=O)NC3(C#N)CC3)CC2)c(Cl)cc1Cl. The molecule has 2 aromatic rings. The highest BCUT2D eigenvalue weighted by molar-refractivity contribution is 7.92. The molecule has 2 aliphatic carbocycles. The van der Waals surface area contributed by atoms with Gasteiger partial charge in [0.05, 0.1) is 38.8 Å². The highest BCUT2D eigenvalue weighted by atomic mass is 35.5. The lowest BCUT2D eigenvalue weighted by atomic mass is 9.93. The van der Waals surface area contributed by atoms with Gasteiger partial charge in [0.25, 0.3) is 0 Å². The Morgan fingerprint density at radius 1 is 1.08 bits per heavy atom. The van der Waals surface area contributed by atoms with Crippen LogP contribution in [0, 0.1) is 11.3 Å². The first-order valence-electron chi connectivity index (χ1n) is 12.0. The summed E-state index contributed by atoms with van der Waals surface area (Å²) < 4.78 is 32.5. The Balaban J connectivity index is 1.51. The minimum Gasteiger partial charge on any atom is -0.495 e. The average Bonchev–Trinajstić information content (AvgIpc) is 3.80. The Kier molecular flexibility index (Phi) is 6.84. The lowest BCUT2D eigenvalue weighted by Crippen LogP contribution is -2.51. The number of likely N-dealkylation sites (tertiary alicyclic amines) is 1. The van der Waals surface area contributed by atoms with Crippen molar-refractivity contribution in [2.75, 3.05) is 13.7 Å². The predicted octanol–water partition coefficient (Wildman–Crippen LogP) is 4.30. The van der Waals surface area contributed by atoms with Crippen LogP contribution >= 0.6 is 34.8 Å². The molecule has 2 aromatic carbocycles. The first-order chi connectivity index (χ1) is 18.0. The van der Waals surface area contributed by atoms with Crippen molar-refractivity contribution in [2.24, 2.45) is 0 Å². The van der Waals surface area contributed by atoms with E-state index < -0.39 is 43.9 Å². The molecule has 3 fully saturated rings. The molecular formula is C26H24Cl3N3O5S. The van der Waals surface area contributed by atoms with E-state index in [0.29, 0.717) is 42.0 Å². The molecule has 0 radical (unpaired) electrons. The van der Waals surface area contributed by atoms with E-state index in [0.717, 1.165) is 0 Å². The second-order valence-electron chi connectivity index (χ2n) is 10.0. The summed E-state index contributed by atoms with van der Waals surface area (Å²) in [6.45, 7) is -0.200. The maximum absolute atomic E-state index is 14.1. The van der Waals surface area contributed by atoms with E-state index in [1.165, 1.54) is 30.2 Å². The normalized spacial score (nSPS) is 22.9. The summed E-state index contributed by atoms with van der Waals surface area (Å²) >= 11 is 18.9. The van der Waals surface area contributed by atoms with Crippen molar-refractivity contribution in [1.29, 1.82) is 5.26 Å². The Morgan fingerprint density at radius 2 is 1.76 bits per heavy atom. The molecule has 1 heterocycles. The second kappa shape index (κ2) is 9.60. The average molecular weight is 597 g/mol. The minimum absolute atomic E-state index is 0.0533. The van der Waals surface area contributed by atoms with E-state index in [2.05, 4.69) is 11.4 Å². The van der Waals surface area contributed by atoms with Crippen LogP contribution in [0.5, 0.6) is 5.75 Å². The minimum atomic E-state index is -3.98. The summed E-state index contributed by atoms with van der Waals surface area (Å²) in [5.74, 6) is -0.600. The number of sulfone groups is 1. The zero-order chi connectivity index (χ0) is 27.5. The van der Waals surface area contributed by atoms with Crippen molar-refractivity contribution in [3.63, 3.8) is 0 Å². The number of methoxy groups -OCH3 is 1. The van der Waals surface area contributed by atoms with Gasteiger partial charge in [0.2, 0.25) is 11.8 Å². The number of nitrogens with zero attached hydrogens (tertiary/aromatic N) is 2. The van der Waals surface area contributed by atoms with Crippen LogP contribution in [0.3, 0.4) is 0 Å². The molecule has 2 unspecified atom stereocenters. The number of amides is 2. The van der Waals surface area contributed by atoms with Gasteiger partial charge in [-0.15, -0.1) is 0 Å². The van der Waals surface area contributed by atoms with Crippen LogP contribution in [0.1, 0.15) is 37.7 Å². The number of benzene rings is 2. The molecule has 2 amide bonds. The molecule has 1 aliphatic heterocycles. The van der Waals surface area contributed by atoms with E-state index in [1.807, 2.05) is 0 Å². The number of ether oxygens (including phenoxy) is 1. The maximum Gasteiger partial charge on any atom is 0.244 e. The van der Waals surface area contributed by atoms with Crippen molar-refractivity contribution in [2.45, 2.75) is 59.2 Å². The molecule has 5 rings (SSSR count). The summed E-state index contributed by atoms with van der Waals surface area (Å²) in [5.41, 5.74) is -1.50. The molecule has 0 spiro atoms. The fourth-order valence-corrected chi connectivity index (χ4v) is 7.97. The number of nitrogens with one attached hydrogen (secondary N) is 1. The van der Waals surface area contributed by atoms with Gasteiger partial charge in [-0.3, -0.25) is 9.59 Å². The first-order valence-corrected chi connectivity index (χ1v) is 14.7. The van der Waals surface area contributed by atoms with Crippen LogP contribution in [0.4, 0.5) is 0 Å². The number of hydrogen-bond donors (Lipinski definition) is 1. The Morgan fingerprint density at radius 3 is 2.34 bits per heavy atom. The topological polar surface area (TPSA) is 117 Å². The Labute approximate surface area is 235 Å². The number of nitriles is 1. The maximum atomic E-state index is 14.1. The molecule has 2 atom stereocenters. The van der Waals surface area contributed by atoms with Crippen molar-refractivity contribution < 1.29 is 22.7 Å². The standard InChI is InChI=1S/C26H24Cl3N3O5S/c1-37-21-11-16(18(28)12-19(21)29)26(8-9-26)24(34)32-13-15(38(35,36)22-5-3-2-4-17(22)27)10-20(32)23(33)31-25(14-30)6-7-25/h2-5,11-12,15,20H,6-10,13H2,1H3,(H,31,33). The van der Waals surface area contributed by atoms with Gasteiger partial charge in [0.15, 0.2) is 9.84 Å². The lowest BCUT2D eigenvalue weighted by molar-refractivity contribution is -0.140. The van der Waals surface area contributed by atoms with Crippen molar-refractivity contribution >= 4 is 56.5 Å². The lowest BCUT2D eigenvalue weighted by Gasteiger charge is -2.29. The first kappa shape index (κ1) is 27.1. The van der Waals surface area contributed by atoms with Gasteiger partial charge in [-0.25, -0.2) is 8.42 Å². The van der Waals surface area contributed by atoms with Gasteiger partial charge in [-0.2, -0.15) is 5.26 Å². The van der Waals surface area contributed by atoms with Gasteiger partial charge in [-0.1, -0.05) is 46.9 Å². The van der Waals surface area contributed by atoms with Crippen LogP contribution in [0.15, 0.2) is 41.3 Å². The third kappa shape index (κ3) is 4.51. The molecule has 1 N–H and O–H groups in total. The van der Waals surface area contributed by atoms with Crippen LogP contribution in [-0.2, 0) is 24.8 Å². The Bertz CT molecular complexity index is 1480. The molecule has 0 aromatic heterocycles. The molecule has 0 bridgehead atoms. The number of rotatable bonds is 7. The van der Waals surface area contributed by atoms with E-state index >= 15 is 0 Å². The summed E-state index contributed by atoms with van der Waals surface area (Å²) in [6.07, 6.45) is 1.81. The summed E-state index contributed by atoms with van der Waals surface area (Å²) in [4.78, 5) is 28.8. The quantitative estimate of drug-likeness (QED) is 0.509. The summed E-state index contributed by atoms with van der Waals surface area (Å²) in [7, 11) is -2.53. The highest BCUT2D eigenvalue weighted by Gasteiger charge is 2.59. The fraction of sp³-hybridized carbons (Fsp3) is 0.423. The number of carbonyl (C=O) groups is 2. The van der Waals surface area contributed by atoms with E-state index in [-0.39, 0.29) is 27.9 Å². The largest absolute Gasteiger partial charge is 0.495 e. The van der Waals surface area contributed by atoms with Gasteiger partial charge >= 0.3 is 0 Å². The number of hydrogen-bond acceptors (Lipinski definition) is 6. The van der Waals surface area contributed by atoms with Crippen LogP contribution in [-0.4, -0.2) is 55.6 Å². The Hall–Kier alpha value is -2.51. The smallest absolute Gasteiger partial charge is 0.244 e. The monoisotopic (exact) mass is 595 g/mol. The third-order valence-electron chi connectivity index (χ3n) is 7.65. The zero-order valence-corrected chi connectivity index (χ0v) is 23.4. The van der Waals surface area contributed by atoms with Crippen LogP contribution in [0.25, 0.3) is 0 Å². The van der Waals surface area contributed by atoms with E-state index in [9.17, 15) is 23.3 Å². The number of carbonyl (C=O) groups excluding carboxylic acids is 2. The molecule has 38 heavy (non-hydrogen) atoms. The van der Waals surface area contributed by atoms with Crippen LogP contribution in [0.2, 0.25) is 15.1 Å². The molecule has 2 saturated carbocycles. The van der Waals surface area contributed by atoms with Gasteiger partial charge in [0.1, 0.15) is 17.3 Å². The van der Waals surface area contributed by atoms with Gasteiger partial charge in [0, 0.05) is 11.6 Å². The van der Waals surface area contributed by atoms with E-state index in [1.54, 1.807) is 18.2 Å². The van der Waals surface area contributed by atoms with Gasteiger partial charge in [-0.05, 0) is 61.9 Å². The van der Waals surface area contributed by atoms with Crippen molar-refractivity contribution in [3.05, 3.63) is 57.0 Å². The van der Waals surface area contributed by atoms with Crippen LogP contribution < -0.4 is 10.1 Å². The summed E-state index contributed by atoms with van der Waals surface area (Å²) in [5, 5.41) is 11.8.